The number of rotatable bonds is 10. The van der Waals surface area contributed by atoms with Gasteiger partial charge in [0, 0.05) is 23.5 Å². The molecule has 198 valence electrons. The molecule has 0 fully saturated rings. The van der Waals surface area contributed by atoms with E-state index in [1.807, 2.05) is 37.3 Å². The predicted octanol–water partition coefficient (Wildman–Crippen LogP) is 4.65. The van der Waals surface area contributed by atoms with Crippen molar-refractivity contribution in [2.24, 2.45) is 5.92 Å². The van der Waals surface area contributed by atoms with Crippen molar-refractivity contribution in [1.82, 2.24) is 0 Å². The normalized spacial score (nSPS) is 19.1. The van der Waals surface area contributed by atoms with E-state index in [2.05, 4.69) is 0 Å². The van der Waals surface area contributed by atoms with Crippen molar-refractivity contribution < 1.29 is 43.5 Å². The first-order chi connectivity index (χ1) is 18.4. The number of benzene rings is 3. The maximum absolute atomic E-state index is 13.0. The van der Waals surface area contributed by atoms with Gasteiger partial charge in [0.15, 0.2) is 18.1 Å². The van der Waals surface area contributed by atoms with Gasteiger partial charge in [0.25, 0.3) is 0 Å². The summed E-state index contributed by atoms with van der Waals surface area (Å²) in [6.07, 6.45) is 0.823. The molecule has 1 heterocycles. The zero-order chi connectivity index (χ0) is 26.8. The van der Waals surface area contributed by atoms with Crippen molar-refractivity contribution in [3.8, 4) is 28.7 Å². The van der Waals surface area contributed by atoms with Gasteiger partial charge in [-0.3, -0.25) is 4.79 Å². The number of hydrogen-bond donors (Lipinski definition) is 2. The molecule has 0 saturated carbocycles. The molecule has 0 radical (unpaired) electrons. The second-order valence-corrected chi connectivity index (χ2v) is 9.16. The van der Waals surface area contributed by atoms with E-state index in [0.717, 1.165) is 23.1 Å². The van der Waals surface area contributed by atoms with E-state index < -0.39 is 36.3 Å². The largest absolute Gasteiger partial charge is 0.497 e. The van der Waals surface area contributed by atoms with Crippen molar-refractivity contribution in [1.29, 1.82) is 0 Å². The summed E-state index contributed by atoms with van der Waals surface area (Å²) in [6, 6.07) is 16.2. The highest BCUT2D eigenvalue weighted by Crippen LogP contribution is 2.56. The Morgan fingerprint density at radius 1 is 0.868 bits per heavy atom. The number of aliphatic carboxylic acids is 2. The molecule has 9 nitrogen and oxygen atoms in total. The molecule has 0 amide bonds. The molecule has 1 aliphatic carbocycles. The van der Waals surface area contributed by atoms with Crippen LogP contribution in [0, 0.1) is 5.92 Å². The molecule has 0 saturated heterocycles. The summed E-state index contributed by atoms with van der Waals surface area (Å²) >= 11 is 0. The van der Waals surface area contributed by atoms with Gasteiger partial charge in [-0.25, -0.2) is 4.79 Å². The quantitative estimate of drug-likeness (QED) is 0.393. The van der Waals surface area contributed by atoms with Crippen molar-refractivity contribution >= 4 is 11.9 Å². The van der Waals surface area contributed by atoms with E-state index >= 15 is 0 Å². The lowest BCUT2D eigenvalue weighted by molar-refractivity contribution is -0.142. The van der Waals surface area contributed by atoms with E-state index in [-0.39, 0.29) is 12.5 Å². The number of carboxylic acid groups (broad SMARTS) is 2. The third-order valence-electron chi connectivity index (χ3n) is 6.87. The van der Waals surface area contributed by atoms with Crippen molar-refractivity contribution in [3.63, 3.8) is 0 Å². The summed E-state index contributed by atoms with van der Waals surface area (Å²) in [5, 5.41) is 19.9. The molecule has 5 rings (SSSR count). The zero-order valence-corrected chi connectivity index (χ0v) is 21.0. The van der Waals surface area contributed by atoms with Gasteiger partial charge in [-0.2, -0.15) is 0 Å². The van der Waals surface area contributed by atoms with E-state index in [0.29, 0.717) is 35.2 Å². The summed E-state index contributed by atoms with van der Waals surface area (Å²) in [4.78, 5) is 24.3. The van der Waals surface area contributed by atoms with E-state index in [4.69, 9.17) is 23.7 Å². The number of fused-ring (bicyclic) bond motifs is 2. The van der Waals surface area contributed by atoms with Crippen LogP contribution in [-0.2, 0) is 9.59 Å². The Bertz CT molecular complexity index is 1370. The second-order valence-electron chi connectivity index (χ2n) is 9.16. The predicted molar refractivity (Wildman–Crippen MR) is 136 cm³/mol. The van der Waals surface area contributed by atoms with E-state index in [1.54, 1.807) is 24.3 Å². The van der Waals surface area contributed by atoms with Gasteiger partial charge in [-0.1, -0.05) is 25.1 Å². The highest BCUT2D eigenvalue weighted by Gasteiger charge is 2.48. The fraction of sp³-hybridized carbons (Fsp3) is 0.310. The highest BCUT2D eigenvalue weighted by atomic mass is 16.7. The number of hydrogen-bond acceptors (Lipinski definition) is 7. The molecule has 0 unspecified atom stereocenters. The lowest BCUT2D eigenvalue weighted by Gasteiger charge is -2.24. The van der Waals surface area contributed by atoms with Crippen LogP contribution in [0.4, 0.5) is 0 Å². The molecular formula is C29H28O9. The maximum atomic E-state index is 13.0. The summed E-state index contributed by atoms with van der Waals surface area (Å²) in [7, 11) is 1.49. The third kappa shape index (κ3) is 4.67. The van der Waals surface area contributed by atoms with Crippen molar-refractivity contribution in [3.05, 3.63) is 76.9 Å². The zero-order valence-electron chi connectivity index (χ0n) is 21.0. The third-order valence-corrected chi connectivity index (χ3v) is 6.87. The number of carbonyl (C=O) groups is 2. The lowest BCUT2D eigenvalue weighted by atomic mass is 9.79. The Morgan fingerprint density at radius 2 is 1.63 bits per heavy atom. The number of carboxylic acids is 2. The highest BCUT2D eigenvalue weighted by molar-refractivity contribution is 5.79. The second kappa shape index (κ2) is 10.5. The molecule has 0 spiro atoms. The van der Waals surface area contributed by atoms with Crippen LogP contribution in [0.3, 0.4) is 0 Å². The van der Waals surface area contributed by atoms with Crippen LogP contribution in [0.2, 0.25) is 0 Å². The maximum Gasteiger partial charge on any atom is 0.341 e. The molecule has 3 aromatic carbocycles. The Kier molecular flexibility index (Phi) is 7.00. The Balaban J connectivity index is 1.69. The smallest absolute Gasteiger partial charge is 0.341 e. The summed E-state index contributed by atoms with van der Waals surface area (Å²) in [6.45, 7) is 2.06. The van der Waals surface area contributed by atoms with Gasteiger partial charge in [0.2, 0.25) is 6.79 Å². The van der Waals surface area contributed by atoms with Gasteiger partial charge in [-0.15, -0.1) is 0 Å². The molecule has 2 aliphatic rings. The average Bonchev–Trinajstić information content (AvgIpc) is 3.52. The van der Waals surface area contributed by atoms with Crippen LogP contribution in [0.15, 0.2) is 54.6 Å². The minimum absolute atomic E-state index is 0.110. The molecule has 0 bridgehead atoms. The van der Waals surface area contributed by atoms with Crippen LogP contribution in [0.25, 0.3) is 0 Å². The first kappa shape index (κ1) is 25.3. The van der Waals surface area contributed by atoms with Crippen LogP contribution in [0.5, 0.6) is 28.7 Å². The van der Waals surface area contributed by atoms with Crippen LogP contribution >= 0.6 is 0 Å². The van der Waals surface area contributed by atoms with Gasteiger partial charge < -0.3 is 33.9 Å². The van der Waals surface area contributed by atoms with Gasteiger partial charge in [-0.05, 0) is 53.4 Å². The standard InChI is InChI=1S/C29H28O9/c1-3-10-35-18-6-7-19-21(12-18)27(20-8-5-17(34-2)13-23(20)36-14-25(30)31)28(29(32)33)26(19)16-4-9-22-24(11-16)38-15-37-22/h4-9,11-13,26-28H,3,10,14-15H2,1-2H3,(H,30,31)(H,32,33)/t26-,27+,28+/m1/s1. The van der Waals surface area contributed by atoms with E-state index in [9.17, 15) is 19.8 Å². The molecule has 38 heavy (non-hydrogen) atoms. The van der Waals surface area contributed by atoms with Gasteiger partial charge in [0.1, 0.15) is 17.2 Å². The topological polar surface area (TPSA) is 121 Å². The molecule has 9 heteroatoms. The van der Waals surface area contributed by atoms with Crippen LogP contribution in [-0.4, -0.2) is 49.3 Å². The Morgan fingerprint density at radius 3 is 2.37 bits per heavy atom. The average molecular weight is 521 g/mol. The van der Waals surface area contributed by atoms with Gasteiger partial charge >= 0.3 is 11.9 Å². The minimum Gasteiger partial charge on any atom is -0.497 e. The summed E-state index contributed by atoms with van der Waals surface area (Å²) in [5.41, 5.74) is 2.94. The van der Waals surface area contributed by atoms with Gasteiger partial charge in [0.05, 0.1) is 19.6 Å². The fourth-order valence-corrected chi connectivity index (χ4v) is 5.30. The number of ether oxygens (including phenoxy) is 5. The molecule has 3 atom stereocenters. The monoisotopic (exact) mass is 520 g/mol. The first-order valence-corrected chi connectivity index (χ1v) is 12.3. The summed E-state index contributed by atoms with van der Waals surface area (Å²) < 4.78 is 27.9. The van der Waals surface area contributed by atoms with Crippen molar-refractivity contribution in [2.75, 3.05) is 27.1 Å². The minimum atomic E-state index is -1.14. The van der Waals surface area contributed by atoms with Crippen LogP contribution in [0.1, 0.15) is 47.4 Å². The van der Waals surface area contributed by atoms with Crippen LogP contribution < -0.4 is 23.7 Å². The SMILES string of the molecule is CCCOc1ccc2c(c1)[C@H](c1ccc(OC)cc1OCC(=O)O)[C@@H](C(=O)O)[C@@H]2c1ccc2c(c1)OCO2. The molecule has 3 aromatic rings. The van der Waals surface area contributed by atoms with E-state index in [1.165, 1.54) is 7.11 Å². The molecule has 0 aromatic heterocycles. The Hall–Kier alpha value is -4.40. The van der Waals surface area contributed by atoms with Crippen molar-refractivity contribution in [2.45, 2.75) is 25.2 Å². The molecule has 1 aliphatic heterocycles. The number of methoxy groups -OCH3 is 1. The Labute approximate surface area is 219 Å². The molecule has 2 N–H and O–H groups in total. The lowest BCUT2D eigenvalue weighted by Crippen LogP contribution is -2.24. The first-order valence-electron chi connectivity index (χ1n) is 12.3. The molecular weight excluding hydrogens is 492 g/mol. The summed E-state index contributed by atoms with van der Waals surface area (Å²) in [5.74, 6) is -1.72. The fourth-order valence-electron chi connectivity index (χ4n) is 5.30.